The predicted molar refractivity (Wildman–Crippen MR) is 87.3 cm³/mol. The van der Waals surface area contributed by atoms with Crippen LogP contribution in [0, 0.1) is 0 Å². The molecule has 2 rings (SSSR count). The van der Waals surface area contributed by atoms with Crippen LogP contribution in [0.3, 0.4) is 0 Å². The number of thiazole rings is 1. The van der Waals surface area contributed by atoms with E-state index in [4.69, 9.17) is 0 Å². The lowest BCUT2D eigenvalue weighted by Gasteiger charge is -1.93. The van der Waals surface area contributed by atoms with Crippen molar-refractivity contribution in [3.05, 3.63) is 16.0 Å². The third-order valence-electron chi connectivity index (χ3n) is 2.50. The number of amides is 2. The quantitative estimate of drug-likeness (QED) is 0.644. The minimum atomic E-state index is -0.165. The summed E-state index contributed by atoms with van der Waals surface area (Å²) in [5.41, 5.74) is 0. The molecule has 1 fully saturated rings. The highest BCUT2D eigenvalue weighted by molar-refractivity contribution is 8.18. The van der Waals surface area contributed by atoms with Crippen molar-refractivity contribution >= 4 is 51.3 Å². The Morgan fingerprint density at radius 2 is 2.38 bits per heavy atom. The molecule has 0 aliphatic carbocycles. The molecule has 6 nitrogen and oxygen atoms in total. The molecule has 0 unspecified atom stereocenters. The predicted octanol–water partition coefficient (Wildman–Crippen LogP) is 2.46. The van der Waals surface area contributed by atoms with E-state index in [-0.39, 0.29) is 11.8 Å². The summed E-state index contributed by atoms with van der Waals surface area (Å²) in [6.07, 6.45) is 5.47. The fourth-order valence-corrected chi connectivity index (χ4v) is 3.25. The molecule has 0 spiro atoms. The maximum absolute atomic E-state index is 11.8. The van der Waals surface area contributed by atoms with Crippen LogP contribution in [-0.2, 0) is 9.59 Å². The van der Waals surface area contributed by atoms with E-state index >= 15 is 0 Å². The first-order chi connectivity index (χ1) is 10.1. The second-order valence-corrected chi connectivity index (χ2v) is 6.45. The molecule has 21 heavy (non-hydrogen) atoms. The molecule has 1 aliphatic rings. The number of hydrogen-bond acceptors (Lipinski definition) is 6. The van der Waals surface area contributed by atoms with Gasteiger partial charge in [-0.15, -0.1) is 0 Å². The number of rotatable bonds is 5. The first-order valence-corrected chi connectivity index (χ1v) is 8.20. The smallest absolute Gasteiger partial charge is 0.264 e. The van der Waals surface area contributed by atoms with Crippen LogP contribution in [0.4, 0.5) is 5.13 Å². The van der Waals surface area contributed by atoms with Crippen molar-refractivity contribution < 1.29 is 9.59 Å². The second kappa shape index (κ2) is 7.37. The summed E-state index contributed by atoms with van der Waals surface area (Å²) in [6.45, 7) is 4.25. The summed E-state index contributed by atoms with van der Waals surface area (Å²) >= 11 is 2.65. The number of nitrogens with one attached hydrogen (secondary N) is 2. The van der Waals surface area contributed by atoms with Crippen LogP contribution in [0.25, 0.3) is 6.08 Å². The molecule has 0 radical (unpaired) electrons. The van der Waals surface area contributed by atoms with Crippen LogP contribution >= 0.6 is 23.1 Å². The van der Waals surface area contributed by atoms with Crippen molar-refractivity contribution in [2.24, 2.45) is 4.99 Å². The van der Waals surface area contributed by atoms with Crippen molar-refractivity contribution in [1.29, 1.82) is 0 Å². The Bertz CT molecular complexity index is 607. The highest BCUT2D eigenvalue weighted by Gasteiger charge is 2.23. The maximum Gasteiger partial charge on any atom is 0.264 e. The van der Waals surface area contributed by atoms with Crippen LogP contribution in [0.1, 0.15) is 31.6 Å². The number of unbranched alkanes of at least 4 members (excludes halogenated alkanes) is 1. The van der Waals surface area contributed by atoms with Gasteiger partial charge in [0.05, 0.1) is 9.78 Å². The largest absolute Gasteiger partial charge is 0.302 e. The molecule has 1 saturated heterocycles. The summed E-state index contributed by atoms with van der Waals surface area (Å²) in [6, 6.07) is 0. The molecule has 2 amide bonds. The van der Waals surface area contributed by atoms with Crippen molar-refractivity contribution in [1.82, 2.24) is 10.3 Å². The summed E-state index contributed by atoms with van der Waals surface area (Å²) in [4.78, 5) is 32.6. The second-order valence-electron chi connectivity index (χ2n) is 4.35. The summed E-state index contributed by atoms with van der Waals surface area (Å²) in [5.74, 6) is -0.313. The van der Waals surface area contributed by atoms with Gasteiger partial charge in [0, 0.05) is 19.7 Å². The number of carbonyl (C=O) groups excluding carboxylic acids is 2. The van der Waals surface area contributed by atoms with E-state index in [1.54, 1.807) is 12.3 Å². The highest BCUT2D eigenvalue weighted by Crippen LogP contribution is 2.28. The molecule has 0 saturated carbocycles. The van der Waals surface area contributed by atoms with Gasteiger partial charge in [-0.3, -0.25) is 14.6 Å². The van der Waals surface area contributed by atoms with Crippen LogP contribution in [0.15, 0.2) is 16.1 Å². The number of amidine groups is 1. The van der Waals surface area contributed by atoms with Crippen LogP contribution in [0.2, 0.25) is 0 Å². The maximum atomic E-state index is 11.8. The third-order valence-corrected chi connectivity index (χ3v) is 4.31. The standard InChI is InChI=1S/C13H16N4O2S2/c1-3-4-5-14-12-17-11(19)10(21-12)6-9-7-15-13(20-9)16-8(2)18/h6-7H,3-5H2,1-2H3,(H,14,17,19)(H,15,16,18)/b10-6-. The average Bonchev–Trinajstić information content (AvgIpc) is 2.98. The zero-order valence-electron chi connectivity index (χ0n) is 11.8. The van der Waals surface area contributed by atoms with Crippen molar-refractivity contribution in [2.45, 2.75) is 26.7 Å². The molecule has 1 aliphatic heterocycles. The molecule has 0 bridgehead atoms. The molecule has 8 heteroatoms. The molecule has 2 heterocycles. The van der Waals surface area contributed by atoms with E-state index in [9.17, 15) is 9.59 Å². The van der Waals surface area contributed by atoms with Gasteiger partial charge in [-0.25, -0.2) is 4.98 Å². The summed E-state index contributed by atoms with van der Waals surface area (Å²) in [5, 5.41) is 6.52. The minimum Gasteiger partial charge on any atom is -0.302 e. The lowest BCUT2D eigenvalue weighted by molar-refractivity contribution is -0.115. The Morgan fingerprint density at radius 3 is 3.10 bits per heavy atom. The number of hydrogen-bond donors (Lipinski definition) is 2. The van der Waals surface area contributed by atoms with Gasteiger partial charge in [-0.1, -0.05) is 24.7 Å². The molecule has 0 atom stereocenters. The van der Waals surface area contributed by atoms with Gasteiger partial charge in [0.1, 0.15) is 0 Å². The van der Waals surface area contributed by atoms with Crippen LogP contribution in [-0.4, -0.2) is 28.5 Å². The zero-order valence-corrected chi connectivity index (χ0v) is 13.4. The van der Waals surface area contributed by atoms with Crippen molar-refractivity contribution in [2.75, 3.05) is 11.9 Å². The Kier molecular flexibility index (Phi) is 5.51. The first-order valence-electron chi connectivity index (χ1n) is 6.57. The first kappa shape index (κ1) is 15.7. The molecule has 1 aromatic heterocycles. The number of aliphatic imine (C=N–C) groups is 1. The van der Waals surface area contributed by atoms with E-state index in [1.165, 1.54) is 30.0 Å². The average molecular weight is 324 g/mol. The lowest BCUT2D eigenvalue weighted by atomic mass is 10.3. The molecule has 2 N–H and O–H groups in total. The van der Waals surface area contributed by atoms with E-state index in [2.05, 4.69) is 27.5 Å². The van der Waals surface area contributed by atoms with Gasteiger partial charge in [0.2, 0.25) is 5.91 Å². The van der Waals surface area contributed by atoms with Crippen LogP contribution in [0.5, 0.6) is 0 Å². The van der Waals surface area contributed by atoms with E-state index in [0.29, 0.717) is 15.2 Å². The Hall–Kier alpha value is -1.67. The van der Waals surface area contributed by atoms with Gasteiger partial charge < -0.3 is 10.6 Å². The van der Waals surface area contributed by atoms with Gasteiger partial charge in [-0.05, 0) is 24.3 Å². The van der Waals surface area contributed by atoms with E-state index in [0.717, 1.165) is 24.3 Å². The topological polar surface area (TPSA) is 83.4 Å². The Labute approximate surface area is 131 Å². The number of nitrogens with zero attached hydrogens (tertiary/aromatic N) is 2. The summed E-state index contributed by atoms with van der Waals surface area (Å²) in [7, 11) is 0. The van der Waals surface area contributed by atoms with Gasteiger partial charge >= 0.3 is 0 Å². The molecular formula is C13H16N4O2S2. The number of carbonyl (C=O) groups is 2. The monoisotopic (exact) mass is 324 g/mol. The fraction of sp³-hybridized carbons (Fsp3) is 0.385. The zero-order chi connectivity index (χ0) is 15.2. The van der Waals surface area contributed by atoms with Gasteiger partial charge in [-0.2, -0.15) is 0 Å². The SMILES string of the molecule is CCCC/N=C1/NC(=O)/C(=C/c2cnc(NC(C)=O)s2)S1. The fourth-order valence-electron chi connectivity index (χ4n) is 1.53. The van der Waals surface area contributed by atoms with Gasteiger partial charge in [0.15, 0.2) is 10.3 Å². The minimum absolute atomic E-state index is 0.148. The molecule has 0 aromatic carbocycles. The highest BCUT2D eigenvalue weighted by atomic mass is 32.2. The molecular weight excluding hydrogens is 308 g/mol. The molecule has 1 aromatic rings. The normalized spacial score (nSPS) is 18.3. The number of thioether (sulfide) groups is 1. The van der Waals surface area contributed by atoms with Crippen LogP contribution < -0.4 is 10.6 Å². The number of aromatic nitrogens is 1. The molecule has 112 valence electrons. The summed E-state index contributed by atoms with van der Waals surface area (Å²) < 4.78 is 0. The lowest BCUT2D eigenvalue weighted by Crippen LogP contribution is -2.19. The van der Waals surface area contributed by atoms with E-state index in [1.807, 2.05) is 0 Å². The van der Waals surface area contributed by atoms with Gasteiger partial charge in [0.25, 0.3) is 5.91 Å². The Morgan fingerprint density at radius 1 is 1.57 bits per heavy atom. The van der Waals surface area contributed by atoms with Crippen molar-refractivity contribution in [3.63, 3.8) is 0 Å². The van der Waals surface area contributed by atoms with Crippen molar-refractivity contribution in [3.8, 4) is 0 Å². The third kappa shape index (κ3) is 4.68. The van der Waals surface area contributed by atoms with E-state index < -0.39 is 0 Å². The number of anilines is 1. The Balaban J connectivity index is 2.04.